The normalized spacial score (nSPS) is 10.8. The molecule has 2 amide bonds. The first-order chi connectivity index (χ1) is 13.5. The Labute approximate surface area is 171 Å². The molecule has 0 fully saturated rings. The first-order valence-corrected chi connectivity index (χ1v) is 10.6. The number of hydrogen-bond donors (Lipinski definition) is 2. The largest absolute Gasteiger partial charge is 0.368 e. The fourth-order valence-corrected chi connectivity index (χ4v) is 4.13. The first-order valence-electron chi connectivity index (χ1n) is 8.73. The van der Waals surface area contributed by atoms with Gasteiger partial charge in [0.1, 0.15) is 6.54 Å². The molecule has 9 heteroatoms. The van der Waals surface area contributed by atoms with E-state index in [4.69, 9.17) is 5.73 Å². The van der Waals surface area contributed by atoms with Crippen molar-refractivity contribution >= 4 is 34.9 Å². The van der Waals surface area contributed by atoms with Crippen molar-refractivity contribution in [1.82, 2.24) is 20.1 Å². The van der Waals surface area contributed by atoms with Crippen molar-refractivity contribution in [3.63, 3.8) is 0 Å². The van der Waals surface area contributed by atoms with Gasteiger partial charge in [0.05, 0.1) is 5.75 Å². The molecule has 0 atom stereocenters. The van der Waals surface area contributed by atoms with Crippen LogP contribution in [0.4, 0.5) is 0 Å². The van der Waals surface area contributed by atoms with Gasteiger partial charge in [-0.3, -0.25) is 14.2 Å². The van der Waals surface area contributed by atoms with Crippen molar-refractivity contribution in [1.29, 1.82) is 0 Å². The van der Waals surface area contributed by atoms with Crippen LogP contribution < -0.4 is 11.1 Å². The van der Waals surface area contributed by atoms with E-state index in [1.54, 1.807) is 15.9 Å². The van der Waals surface area contributed by atoms with Gasteiger partial charge in [-0.1, -0.05) is 41.6 Å². The third-order valence-corrected chi connectivity index (χ3v) is 5.82. The number of nitrogens with one attached hydrogen (secondary N) is 1. The molecule has 0 radical (unpaired) electrons. The number of thioether (sulfide) groups is 1. The van der Waals surface area contributed by atoms with E-state index >= 15 is 0 Å². The zero-order chi connectivity index (χ0) is 19.9. The fraction of sp³-hybridized carbons (Fsp3) is 0.263. The molecule has 2 aromatic heterocycles. The van der Waals surface area contributed by atoms with Crippen LogP contribution in [-0.2, 0) is 22.6 Å². The van der Waals surface area contributed by atoms with Crippen molar-refractivity contribution in [2.45, 2.75) is 25.0 Å². The predicted molar refractivity (Wildman–Crippen MR) is 111 cm³/mol. The Bertz CT molecular complexity index is 953. The minimum absolute atomic E-state index is 0.0431. The Morgan fingerprint density at radius 1 is 1.25 bits per heavy atom. The van der Waals surface area contributed by atoms with E-state index in [1.165, 1.54) is 16.6 Å². The predicted octanol–water partition coefficient (Wildman–Crippen LogP) is 2.25. The number of carbonyl (C=O) groups is 2. The van der Waals surface area contributed by atoms with Crippen molar-refractivity contribution in [2.24, 2.45) is 5.73 Å². The van der Waals surface area contributed by atoms with Crippen LogP contribution in [0, 0.1) is 6.92 Å². The third-order valence-electron chi connectivity index (χ3n) is 3.91. The van der Waals surface area contributed by atoms with E-state index < -0.39 is 5.91 Å². The zero-order valence-corrected chi connectivity index (χ0v) is 17.1. The summed E-state index contributed by atoms with van der Waals surface area (Å²) in [5.74, 6) is 0.168. The fourth-order valence-electron chi connectivity index (χ4n) is 2.65. The van der Waals surface area contributed by atoms with Gasteiger partial charge in [-0.2, -0.15) is 0 Å². The van der Waals surface area contributed by atoms with Crippen LogP contribution in [0.3, 0.4) is 0 Å². The lowest BCUT2D eigenvalue weighted by Gasteiger charge is -2.09. The Hall–Kier alpha value is -2.65. The average molecular weight is 416 g/mol. The topological polar surface area (TPSA) is 103 Å². The number of nitrogens with zero attached hydrogens (tertiary/aromatic N) is 3. The number of rotatable bonds is 9. The Morgan fingerprint density at radius 3 is 2.82 bits per heavy atom. The van der Waals surface area contributed by atoms with E-state index in [0.29, 0.717) is 17.5 Å². The SMILES string of the molecule is Cc1cccc(-c2nnc(SCC(=O)NCCc3cccs3)n2CC(N)=O)c1. The summed E-state index contributed by atoms with van der Waals surface area (Å²) in [5, 5.41) is 13.8. The highest BCUT2D eigenvalue weighted by Gasteiger charge is 2.17. The van der Waals surface area contributed by atoms with Crippen LogP contribution in [-0.4, -0.2) is 38.9 Å². The highest BCUT2D eigenvalue weighted by molar-refractivity contribution is 7.99. The van der Waals surface area contributed by atoms with Crippen molar-refractivity contribution in [3.8, 4) is 11.4 Å². The molecule has 3 N–H and O–H groups in total. The molecule has 0 aliphatic carbocycles. The van der Waals surface area contributed by atoms with Gasteiger partial charge in [-0.25, -0.2) is 0 Å². The lowest BCUT2D eigenvalue weighted by molar-refractivity contribution is -0.119. The Kier molecular flexibility index (Phi) is 6.83. The number of carbonyl (C=O) groups excluding carboxylic acids is 2. The van der Waals surface area contributed by atoms with E-state index in [1.807, 2.05) is 48.7 Å². The molecule has 0 unspecified atom stereocenters. The molecule has 7 nitrogen and oxygen atoms in total. The van der Waals surface area contributed by atoms with Gasteiger partial charge < -0.3 is 11.1 Å². The lowest BCUT2D eigenvalue weighted by Crippen LogP contribution is -2.27. The molecule has 146 valence electrons. The number of hydrogen-bond acceptors (Lipinski definition) is 6. The average Bonchev–Trinajstić information content (AvgIpc) is 3.30. The zero-order valence-electron chi connectivity index (χ0n) is 15.4. The molecule has 0 spiro atoms. The lowest BCUT2D eigenvalue weighted by atomic mass is 10.1. The molecule has 3 aromatic rings. The summed E-state index contributed by atoms with van der Waals surface area (Å²) in [6.07, 6.45) is 0.809. The van der Waals surface area contributed by atoms with E-state index in [-0.39, 0.29) is 18.2 Å². The maximum absolute atomic E-state index is 12.1. The number of amides is 2. The Morgan fingerprint density at radius 2 is 2.11 bits per heavy atom. The van der Waals surface area contributed by atoms with Gasteiger partial charge in [0, 0.05) is 17.0 Å². The number of benzene rings is 1. The second kappa shape index (κ2) is 9.52. The smallest absolute Gasteiger partial charge is 0.237 e. The molecule has 3 rings (SSSR count). The van der Waals surface area contributed by atoms with Crippen LogP contribution in [0.5, 0.6) is 0 Å². The van der Waals surface area contributed by atoms with E-state index in [2.05, 4.69) is 15.5 Å². The Balaban J connectivity index is 1.64. The maximum atomic E-state index is 12.1. The van der Waals surface area contributed by atoms with Crippen LogP contribution >= 0.6 is 23.1 Å². The van der Waals surface area contributed by atoms with Crippen LogP contribution in [0.25, 0.3) is 11.4 Å². The van der Waals surface area contributed by atoms with Crippen molar-refractivity contribution in [3.05, 3.63) is 52.2 Å². The minimum atomic E-state index is -0.490. The molecule has 0 saturated heterocycles. The summed E-state index contributed by atoms with van der Waals surface area (Å²) in [4.78, 5) is 24.9. The van der Waals surface area contributed by atoms with E-state index in [0.717, 1.165) is 17.5 Å². The molecular weight excluding hydrogens is 394 g/mol. The summed E-state index contributed by atoms with van der Waals surface area (Å²) in [6, 6.07) is 11.8. The molecular formula is C19H21N5O2S2. The summed E-state index contributed by atoms with van der Waals surface area (Å²) < 4.78 is 1.65. The van der Waals surface area contributed by atoms with Crippen molar-refractivity contribution < 1.29 is 9.59 Å². The van der Waals surface area contributed by atoms with Crippen LogP contribution in [0.2, 0.25) is 0 Å². The molecule has 0 aliphatic heterocycles. The summed E-state index contributed by atoms with van der Waals surface area (Å²) in [5.41, 5.74) is 7.32. The van der Waals surface area contributed by atoms with Gasteiger partial charge in [-0.15, -0.1) is 21.5 Å². The van der Waals surface area contributed by atoms with E-state index in [9.17, 15) is 9.59 Å². The van der Waals surface area contributed by atoms with Gasteiger partial charge in [-0.05, 0) is 30.9 Å². The second-order valence-corrected chi connectivity index (χ2v) is 8.17. The second-order valence-electron chi connectivity index (χ2n) is 6.20. The molecule has 28 heavy (non-hydrogen) atoms. The summed E-state index contributed by atoms with van der Waals surface area (Å²) >= 11 is 2.91. The number of aryl methyl sites for hydroxylation is 1. The third kappa shape index (κ3) is 5.43. The van der Waals surface area contributed by atoms with Gasteiger partial charge in [0.15, 0.2) is 11.0 Å². The van der Waals surface area contributed by atoms with Crippen LogP contribution in [0.1, 0.15) is 10.4 Å². The molecule has 0 saturated carbocycles. The van der Waals surface area contributed by atoms with Gasteiger partial charge >= 0.3 is 0 Å². The highest BCUT2D eigenvalue weighted by Crippen LogP contribution is 2.24. The molecule has 0 aliphatic rings. The van der Waals surface area contributed by atoms with Crippen LogP contribution in [0.15, 0.2) is 46.9 Å². The molecule has 0 bridgehead atoms. The van der Waals surface area contributed by atoms with Crippen molar-refractivity contribution in [2.75, 3.05) is 12.3 Å². The van der Waals surface area contributed by atoms with Gasteiger partial charge in [0.2, 0.25) is 11.8 Å². The quantitative estimate of drug-likeness (QED) is 0.522. The first kappa shape index (κ1) is 20.1. The molecule has 1 aromatic carbocycles. The maximum Gasteiger partial charge on any atom is 0.237 e. The number of nitrogens with two attached hydrogens (primary N) is 1. The monoisotopic (exact) mass is 415 g/mol. The summed E-state index contributed by atoms with van der Waals surface area (Å²) in [7, 11) is 0. The van der Waals surface area contributed by atoms with Gasteiger partial charge in [0.25, 0.3) is 0 Å². The molecule has 2 heterocycles. The summed E-state index contributed by atoms with van der Waals surface area (Å²) in [6.45, 7) is 2.52. The number of aromatic nitrogens is 3. The standard InChI is InChI=1S/C19H21N5O2S2/c1-13-4-2-5-14(10-13)18-22-23-19(24(18)11-16(20)25)28-12-17(26)21-8-7-15-6-3-9-27-15/h2-6,9-10H,7-8,11-12H2,1H3,(H2,20,25)(H,21,26). The minimum Gasteiger partial charge on any atom is -0.368 e. The number of thiophene rings is 1. The highest BCUT2D eigenvalue weighted by atomic mass is 32.2. The number of primary amides is 1.